The highest BCUT2D eigenvalue weighted by atomic mass is 32.2. The van der Waals surface area contributed by atoms with Gasteiger partial charge >= 0.3 is 5.51 Å². The first-order valence-electron chi connectivity index (χ1n) is 11.1. The number of aromatic nitrogens is 1. The summed E-state index contributed by atoms with van der Waals surface area (Å²) in [5, 5.41) is 2.38. The van der Waals surface area contributed by atoms with E-state index in [1.165, 1.54) is 6.07 Å². The SMILES string of the molecule is COCCCc1cn(-c2ccc(C)c3c(C(=O)N(C=O)OSC(F)(F)F)cccc23)c2ccccc12. The summed E-state index contributed by atoms with van der Waals surface area (Å²) in [6, 6.07) is 16.7. The van der Waals surface area contributed by atoms with E-state index in [1.54, 1.807) is 20.1 Å². The molecular weight excluding hydrogens is 493 g/mol. The van der Waals surface area contributed by atoms with E-state index in [1.807, 2.05) is 41.0 Å². The van der Waals surface area contributed by atoms with Crippen LogP contribution in [0.2, 0.25) is 0 Å². The summed E-state index contributed by atoms with van der Waals surface area (Å²) < 4.78 is 49.3. The summed E-state index contributed by atoms with van der Waals surface area (Å²) in [7, 11) is 1.67. The summed E-state index contributed by atoms with van der Waals surface area (Å²) in [5.41, 5.74) is -1.08. The molecule has 3 aromatic carbocycles. The Morgan fingerprint density at radius 3 is 2.56 bits per heavy atom. The highest BCUT2D eigenvalue weighted by molar-refractivity contribution is 7.95. The van der Waals surface area contributed by atoms with Crippen molar-refractivity contribution in [2.45, 2.75) is 25.3 Å². The lowest BCUT2D eigenvalue weighted by Gasteiger charge is -2.18. The van der Waals surface area contributed by atoms with E-state index in [4.69, 9.17) is 4.74 Å². The standard InChI is InChI=1S/C26H23F3N2O4S/c1-17-12-13-23(30-15-18(7-6-14-34-2)19-8-3-4-11-22(19)30)20-9-5-10-21(24(17)20)25(33)31(16-32)35-36-26(27,28)29/h3-5,8-13,15-16H,6-7,14H2,1-2H3. The summed E-state index contributed by atoms with van der Waals surface area (Å²) in [5.74, 6) is -0.995. The first-order valence-corrected chi connectivity index (χ1v) is 11.8. The maximum atomic E-state index is 13.0. The number of hydroxylamine groups is 2. The van der Waals surface area contributed by atoms with Crippen molar-refractivity contribution < 1.29 is 31.8 Å². The van der Waals surface area contributed by atoms with Gasteiger partial charge in [-0.3, -0.25) is 9.59 Å². The van der Waals surface area contributed by atoms with E-state index in [0.717, 1.165) is 40.6 Å². The Kier molecular flexibility index (Phi) is 7.67. The van der Waals surface area contributed by atoms with Gasteiger partial charge < -0.3 is 9.30 Å². The predicted octanol–water partition coefficient (Wildman–Crippen LogP) is 6.37. The Labute approximate surface area is 209 Å². The van der Waals surface area contributed by atoms with E-state index in [-0.39, 0.29) is 17.0 Å². The van der Waals surface area contributed by atoms with Crippen LogP contribution in [0.3, 0.4) is 0 Å². The van der Waals surface area contributed by atoms with Gasteiger partial charge in [-0.25, -0.2) is 0 Å². The van der Waals surface area contributed by atoms with Crippen LogP contribution in [0.25, 0.3) is 27.4 Å². The molecule has 4 aromatic rings. The number of aryl methyl sites for hydroxylation is 2. The molecule has 10 heteroatoms. The first-order chi connectivity index (χ1) is 17.2. The zero-order valence-electron chi connectivity index (χ0n) is 19.5. The third-order valence-electron chi connectivity index (χ3n) is 5.81. The van der Waals surface area contributed by atoms with Crippen LogP contribution in [-0.4, -0.2) is 41.2 Å². The summed E-state index contributed by atoms with van der Waals surface area (Å²) >= 11 is -0.928. The number of carbonyl (C=O) groups is 2. The number of fused-ring (bicyclic) bond motifs is 2. The van der Waals surface area contributed by atoms with E-state index in [9.17, 15) is 22.8 Å². The molecule has 0 fully saturated rings. The molecule has 0 aliphatic carbocycles. The largest absolute Gasteiger partial charge is 0.470 e. The number of para-hydroxylation sites is 1. The molecule has 1 aromatic heterocycles. The van der Waals surface area contributed by atoms with Crippen molar-refractivity contribution in [1.82, 2.24) is 9.63 Å². The number of ether oxygens (including phenoxy) is 1. The molecule has 2 amide bonds. The van der Waals surface area contributed by atoms with Crippen LogP contribution >= 0.6 is 12.0 Å². The molecule has 0 saturated heterocycles. The van der Waals surface area contributed by atoms with Gasteiger partial charge in [-0.05, 0) is 54.5 Å². The van der Waals surface area contributed by atoms with Gasteiger partial charge in [-0.2, -0.15) is 17.5 Å². The second-order valence-corrected chi connectivity index (χ2v) is 8.89. The molecule has 0 radical (unpaired) electrons. The van der Waals surface area contributed by atoms with Crippen LogP contribution in [0.15, 0.2) is 60.8 Å². The molecule has 1 heterocycles. The number of methoxy groups -OCH3 is 1. The van der Waals surface area contributed by atoms with Gasteiger partial charge in [0.25, 0.3) is 5.91 Å². The van der Waals surface area contributed by atoms with Crippen LogP contribution < -0.4 is 0 Å². The number of hydrogen-bond donors (Lipinski definition) is 0. The number of imide groups is 1. The Hall–Kier alpha value is -3.34. The third kappa shape index (κ3) is 5.25. The Balaban J connectivity index is 1.83. The van der Waals surface area contributed by atoms with Crippen LogP contribution in [-0.2, 0) is 20.2 Å². The normalized spacial score (nSPS) is 11.8. The Morgan fingerprint density at radius 1 is 1.08 bits per heavy atom. The molecule has 36 heavy (non-hydrogen) atoms. The molecule has 0 unspecified atom stereocenters. The molecule has 0 N–H and O–H groups in total. The van der Waals surface area contributed by atoms with Crippen LogP contribution in [0.1, 0.15) is 27.9 Å². The van der Waals surface area contributed by atoms with E-state index in [0.29, 0.717) is 17.4 Å². The number of amides is 2. The fourth-order valence-corrected chi connectivity index (χ4v) is 4.58. The minimum atomic E-state index is -4.78. The highest BCUT2D eigenvalue weighted by Crippen LogP contribution is 2.35. The zero-order chi connectivity index (χ0) is 25.9. The van der Waals surface area contributed by atoms with Gasteiger partial charge in [0.1, 0.15) is 12.0 Å². The lowest BCUT2D eigenvalue weighted by atomic mass is 9.98. The molecule has 4 rings (SSSR count). The second kappa shape index (κ2) is 10.7. The molecule has 6 nitrogen and oxygen atoms in total. The quantitative estimate of drug-likeness (QED) is 0.112. The number of benzene rings is 3. The average molecular weight is 517 g/mol. The molecule has 0 aliphatic rings. The minimum Gasteiger partial charge on any atom is -0.385 e. The monoisotopic (exact) mass is 516 g/mol. The zero-order valence-corrected chi connectivity index (χ0v) is 20.4. The molecule has 0 spiro atoms. The second-order valence-electron chi connectivity index (χ2n) is 8.11. The van der Waals surface area contributed by atoms with E-state index in [2.05, 4.69) is 16.5 Å². The van der Waals surface area contributed by atoms with Gasteiger partial charge in [0.05, 0.1) is 16.8 Å². The van der Waals surface area contributed by atoms with Crippen LogP contribution in [0, 0.1) is 6.92 Å². The van der Waals surface area contributed by atoms with Gasteiger partial charge in [0.2, 0.25) is 6.41 Å². The third-order valence-corrected chi connectivity index (χ3v) is 6.24. The fraction of sp³-hybridized carbons (Fsp3) is 0.231. The molecule has 0 atom stereocenters. The summed E-state index contributed by atoms with van der Waals surface area (Å²) in [6.07, 6.45) is 3.65. The van der Waals surface area contributed by atoms with E-state index < -0.39 is 23.5 Å². The average Bonchev–Trinajstić information content (AvgIpc) is 3.22. The summed E-state index contributed by atoms with van der Waals surface area (Å²) in [6.45, 7) is 2.43. The molecule has 0 aliphatic heterocycles. The maximum absolute atomic E-state index is 13.0. The lowest BCUT2D eigenvalue weighted by molar-refractivity contribution is -0.133. The molecule has 0 bridgehead atoms. The number of alkyl halides is 3. The number of rotatable bonds is 9. The minimum absolute atomic E-state index is 0.0536. The van der Waals surface area contributed by atoms with Crippen molar-refractivity contribution in [3.05, 3.63) is 77.5 Å². The number of halogens is 3. The highest BCUT2D eigenvalue weighted by Gasteiger charge is 2.33. The lowest BCUT2D eigenvalue weighted by Crippen LogP contribution is -2.29. The molecule has 188 valence electrons. The first kappa shape index (κ1) is 25.7. The number of hydrogen-bond acceptors (Lipinski definition) is 5. The molecule has 0 saturated carbocycles. The maximum Gasteiger partial charge on any atom is 0.470 e. The van der Waals surface area contributed by atoms with Gasteiger partial charge in [0.15, 0.2) is 0 Å². The van der Waals surface area contributed by atoms with Crippen molar-refractivity contribution in [1.29, 1.82) is 0 Å². The Morgan fingerprint density at radius 2 is 1.83 bits per heavy atom. The van der Waals surface area contributed by atoms with Crippen LogP contribution in [0.4, 0.5) is 13.2 Å². The number of nitrogens with zero attached hydrogens (tertiary/aromatic N) is 2. The van der Waals surface area contributed by atoms with Crippen molar-refractivity contribution in [2.24, 2.45) is 0 Å². The van der Waals surface area contributed by atoms with Crippen molar-refractivity contribution in [3.8, 4) is 5.69 Å². The Bertz CT molecular complexity index is 1420. The van der Waals surface area contributed by atoms with Gasteiger partial charge in [-0.1, -0.05) is 36.4 Å². The van der Waals surface area contributed by atoms with Gasteiger partial charge in [0, 0.05) is 30.7 Å². The van der Waals surface area contributed by atoms with Crippen LogP contribution in [0.5, 0.6) is 0 Å². The molecular formula is C26H23F3N2O4S. The number of carbonyl (C=O) groups excluding carboxylic acids is 2. The topological polar surface area (TPSA) is 60.8 Å². The van der Waals surface area contributed by atoms with Crippen molar-refractivity contribution in [2.75, 3.05) is 13.7 Å². The van der Waals surface area contributed by atoms with Crippen molar-refractivity contribution in [3.63, 3.8) is 0 Å². The van der Waals surface area contributed by atoms with Gasteiger partial charge in [-0.15, -0.1) is 5.06 Å². The van der Waals surface area contributed by atoms with Crippen molar-refractivity contribution >= 4 is 46.0 Å². The fourth-order valence-electron chi connectivity index (χ4n) is 4.31. The van der Waals surface area contributed by atoms with E-state index >= 15 is 0 Å². The summed E-state index contributed by atoms with van der Waals surface area (Å²) in [4.78, 5) is 24.4. The predicted molar refractivity (Wildman–Crippen MR) is 133 cm³/mol. The smallest absolute Gasteiger partial charge is 0.385 e.